The van der Waals surface area contributed by atoms with Crippen molar-refractivity contribution in [3.8, 4) is 22.3 Å². The van der Waals surface area contributed by atoms with Crippen LogP contribution in [0.3, 0.4) is 0 Å². The van der Waals surface area contributed by atoms with Gasteiger partial charge in [-0.05, 0) is 92.3 Å². The number of hydrogen-bond acceptors (Lipinski definition) is 2. The molecule has 7 aromatic carbocycles. The van der Waals surface area contributed by atoms with Crippen LogP contribution in [0, 0.1) is 0 Å². The van der Waals surface area contributed by atoms with Gasteiger partial charge >= 0.3 is 0 Å². The molecule has 0 aliphatic carbocycles. The van der Waals surface area contributed by atoms with Gasteiger partial charge in [0, 0.05) is 30.5 Å². The third-order valence-corrected chi connectivity index (χ3v) is 9.37. The summed E-state index contributed by atoms with van der Waals surface area (Å²) in [6, 6.07) is 42.7. The van der Waals surface area contributed by atoms with Crippen LogP contribution in [0.1, 0.15) is 0 Å². The first kappa shape index (κ1) is 24.2. The van der Waals surface area contributed by atoms with E-state index in [0.29, 0.717) is 0 Å². The maximum Gasteiger partial charge on any atom is 0.136 e. The number of rotatable bonds is 2. The van der Waals surface area contributed by atoms with Gasteiger partial charge in [-0.3, -0.25) is 0 Å². The van der Waals surface area contributed by atoms with E-state index < -0.39 is 0 Å². The van der Waals surface area contributed by atoms with E-state index in [9.17, 15) is 0 Å². The van der Waals surface area contributed by atoms with Crippen molar-refractivity contribution in [3.63, 3.8) is 0 Å². The van der Waals surface area contributed by atoms with Gasteiger partial charge in [-0.1, -0.05) is 105 Å². The zero-order valence-corrected chi connectivity index (χ0v) is 25.3. The van der Waals surface area contributed by atoms with E-state index >= 15 is 0 Å². The SMILES string of the molecule is Brc1ccc2c(-c3cccc4oc5ccccc5c34)c3ccc(Br)cc3c(-c3cccc4oc5ccccc5c34)c2c1. The molecular weight excluding hydrogens is 648 g/mol. The van der Waals surface area contributed by atoms with E-state index in [0.717, 1.165) is 63.9 Å². The molecule has 0 unspecified atom stereocenters. The first-order valence-electron chi connectivity index (χ1n) is 13.8. The van der Waals surface area contributed by atoms with Gasteiger partial charge in [0.15, 0.2) is 0 Å². The lowest BCUT2D eigenvalue weighted by Gasteiger charge is -2.19. The Morgan fingerprint density at radius 2 is 0.786 bits per heavy atom. The normalized spacial score (nSPS) is 12.0. The van der Waals surface area contributed by atoms with Crippen LogP contribution < -0.4 is 0 Å². The van der Waals surface area contributed by atoms with Crippen molar-refractivity contribution in [2.24, 2.45) is 0 Å². The Labute approximate surface area is 257 Å². The zero-order valence-electron chi connectivity index (χ0n) is 22.1. The van der Waals surface area contributed by atoms with Crippen LogP contribution in [0.15, 0.2) is 139 Å². The third kappa shape index (κ3) is 3.43. The minimum atomic E-state index is 0.888. The summed E-state index contributed by atoms with van der Waals surface area (Å²) in [7, 11) is 0. The summed E-state index contributed by atoms with van der Waals surface area (Å²) >= 11 is 7.61. The monoisotopic (exact) mass is 666 g/mol. The maximum absolute atomic E-state index is 6.33. The minimum absolute atomic E-state index is 0.888. The van der Waals surface area contributed by atoms with Crippen molar-refractivity contribution < 1.29 is 8.83 Å². The Kier molecular flexibility index (Phi) is 5.23. The van der Waals surface area contributed by atoms with Crippen molar-refractivity contribution in [3.05, 3.63) is 130 Å². The molecule has 0 atom stereocenters. The lowest BCUT2D eigenvalue weighted by molar-refractivity contribution is 0.668. The number of furan rings is 2. The first-order chi connectivity index (χ1) is 20.7. The highest BCUT2D eigenvalue weighted by Crippen LogP contribution is 2.49. The smallest absolute Gasteiger partial charge is 0.136 e. The average Bonchev–Trinajstić information content (AvgIpc) is 3.58. The quantitative estimate of drug-likeness (QED) is 0.171. The number of para-hydroxylation sites is 2. The molecule has 2 aromatic heterocycles. The van der Waals surface area contributed by atoms with Gasteiger partial charge in [0.05, 0.1) is 0 Å². The Morgan fingerprint density at radius 1 is 0.357 bits per heavy atom. The molecule has 0 radical (unpaired) electrons. The fourth-order valence-electron chi connectivity index (χ4n) is 6.72. The molecule has 0 saturated heterocycles. The highest BCUT2D eigenvalue weighted by atomic mass is 79.9. The van der Waals surface area contributed by atoms with Gasteiger partial charge in [-0.15, -0.1) is 0 Å². The summed E-state index contributed by atoms with van der Waals surface area (Å²) in [4.78, 5) is 0. The van der Waals surface area contributed by atoms with E-state index in [2.05, 4.69) is 129 Å². The Balaban J connectivity index is 1.51. The van der Waals surface area contributed by atoms with Crippen molar-refractivity contribution in [2.75, 3.05) is 0 Å². The summed E-state index contributed by atoms with van der Waals surface area (Å²) in [5.74, 6) is 0. The van der Waals surface area contributed by atoms with E-state index in [1.807, 2.05) is 24.3 Å². The lowest BCUT2D eigenvalue weighted by Crippen LogP contribution is -1.92. The van der Waals surface area contributed by atoms with Gasteiger partial charge in [-0.25, -0.2) is 0 Å². The second kappa shape index (κ2) is 9.06. The Hall–Kier alpha value is -4.38. The maximum atomic E-state index is 6.33. The van der Waals surface area contributed by atoms with Crippen LogP contribution in [0.5, 0.6) is 0 Å². The third-order valence-electron chi connectivity index (χ3n) is 8.38. The molecule has 198 valence electrons. The van der Waals surface area contributed by atoms with Crippen LogP contribution in [-0.2, 0) is 0 Å². The van der Waals surface area contributed by atoms with Crippen LogP contribution in [0.25, 0.3) is 87.7 Å². The molecule has 0 fully saturated rings. The summed E-state index contributed by atoms with van der Waals surface area (Å²) in [6.45, 7) is 0. The largest absolute Gasteiger partial charge is 0.456 e. The van der Waals surface area contributed by atoms with Crippen molar-refractivity contribution in [1.82, 2.24) is 0 Å². The fraction of sp³-hybridized carbons (Fsp3) is 0. The van der Waals surface area contributed by atoms with Crippen molar-refractivity contribution in [1.29, 1.82) is 0 Å². The number of halogens is 2. The second-order valence-electron chi connectivity index (χ2n) is 10.7. The molecule has 4 heteroatoms. The molecule has 2 nitrogen and oxygen atoms in total. The van der Waals surface area contributed by atoms with Crippen LogP contribution in [0.2, 0.25) is 0 Å². The Bertz CT molecular complexity index is 2490. The molecule has 0 spiro atoms. The molecule has 0 bridgehead atoms. The summed E-state index contributed by atoms with van der Waals surface area (Å²) in [6.07, 6.45) is 0. The fourth-order valence-corrected chi connectivity index (χ4v) is 7.44. The number of hydrogen-bond donors (Lipinski definition) is 0. The van der Waals surface area contributed by atoms with Crippen molar-refractivity contribution >= 4 is 97.3 Å². The van der Waals surface area contributed by atoms with Crippen LogP contribution in [-0.4, -0.2) is 0 Å². The topological polar surface area (TPSA) is 26.3 Å². The number of fused-ring (bicyclic) bond motifs is 8. The molecule has 2 heterocycles. The second-order valence-corrected chi connectivity index (χ2v) is 12.5. The molecule has 0 amide bonds. The Morgan fingerprint density at radius 3 is 1.29 bits per heavy atom. The van der Waals surface area contributed by atoms with Crippen molar-refractivity contribution in [2.45, 2.75) is 0 Å². The van der Waals surface area contributed by atoms with Crippen LogP contribution in [0.4, 0.5) is 0 Å². The summed E-state index contributed by atoms with van der Waals surface area (Å²) in [5, 5.41) is 9.23. The molecule has 42 heavy (non-hydrogen) atoms. The van der Waals surface area contributed by atoms with Gasteiger partial charge in [0.2, 0.25) is 0 Å². The standard InChI is InChI=1S/C38H20Br2O2/c39-21-15-17-23-29(19-21)36(28-10-6-14-34-38(28)26-8-2-4-12-32(26)42-34)30-20-22(40)16-18-24(30)35(23)27-9-5-13-33-37(27)25-7-1-3-11-31(25)41-33/h1-20H. The molecule has 0 N–H and O–H groups in total. The van der Waals surface area contributed by atoms with Gasteiger partial charge in [0.1, 0.15) is 22.3 Å². The summed E-state index contributed by atoms with van der Waals surface area (Å²) in [5.41, 5.74) is 8.28. The van der Waals surface area contributed by atoms with Gasteiger partial charge < -0.3 is 8.83 Å². The van der Waals surface area contributed by atoms with E-state index in [-0.39, 0.29) is 0 Å². The first-order valence-corrected chi connectivity index (χ1v) is 15.4. The lowest BCUT2D eigenvalue weighted by atomic mass is 9.84. The molecular formula is C38H20Br2O2. The predicted molar refractivity (Wildman–Crippen MR) is 182 cm³/mol. The van der Waals surface area contributed by atoms with E-state index in [1.165, 1.54) is 32.7 Å². The number of benzene rings is 7. The molecule has 9 aromatic rings. The van der Waals surface area contributed by atoms with Gasteiger partial charge in [0.25, 0.3) is 0 Å². The molecule has 0 aliphatic heterocycles. The zero-order chi connectivity index (χ0) is 27.9. The molecule has 0 aliphatic rings. The van der Waals surface area contributed by atoms with Crippen LogP contribution >= 0.6 is 31.9 Å². The predicted octanol–water partition coefficient (Wildman–Crippen LogP) is 12.7. The molecule has 0 saturated carbocycles. The average molecular weight is 668 g/mol. The van der Waals surface area contributed by atoms with E-state index in [1.54, 1.807) is 0 Å². The highest BCUT2D eigenvalue weighted by Gasteiger charge is 2.22. The van der Waals surface area contributed by atoms with Gasteiger partial charge in [-0.2, -0.15) is 0 Å². The molecule has 9 rings (SSSR count). The summed E-state index contributed by atoms with van der Waals surface area (Å²) < 4.78 is 14.7. The van der Waals surface area contributed by atoms with E-state index in [4.69, 9.17) is 8.83 Å². The minimum Gasteiger partial charge on any atom is -0.456 e. The highest BCUT2D eigenvalue weighted by molar-refractivity contribution is 9.10.